The summed E-state index contributed by atoms with van der Waals surface area (Å²) in [5, 5.41) is 22.1. The third kappa shape index (κ3) is 2.20. The second-order valence-electron chi connectivity index (χ2n) is 2.34. The molecule has 12 heavy (non-hydrogen) atoms. The Balaban J connectivity index is 2.78. The molecule has 0 heterocycles. The molecule has 0 aliphatic carbocycles. The highest BCUT2D eigenvalue weighted by Gasteiger charge is 1.97. The van der Waals surface area contributed by atoms with Crippen LogP contribution in [0.1, 0.15) is 0 Å². The van der Waals surface area contributed by atoms with Crippen molar-refractivity contribution in [3.05, 3.63) is 30.9 Å². The Morgan fingerprint density at radius 2 is 1.83 bits per heavy atom. The lowest BCUT2D eigenvalue weighted by atomic mass is 10.3. The van der Waals surface area contributed by atoms with Crippen LogP contribution in [0.4, 0.5) is 5.69 Å². The standard InChI is InChI=1S/C9H10NO2/c1-2-3-10-7-4-8(11)6-9(12)5-7/h2,4-6,11-12H,1,3H2. The molecule has 1 aromatic carbocycles. The molecular formula is C9H10NO2. The summed E-state index contributed by atoms with van der Waals surface area (Å²) >= 11 is 0. The van der Waals surface area contributed by atoms with E-state index in [0.717, 1.165) is 0 Å². The van der Waals surface area contributed by atoms with Crippen molar-refractivity contribution in [3.63, 3.8) is 0 Å². The Morgan fingerprint density at radius 1 is 1.25 bits per heavy atom. The van der Waals surface area contributed by atoms with Crippen LogP contribution in [0.15, 0.2) is 30.9 Å². The first-order valence-corrected chi connectivity index (χ1v) is 3.54. The third-order valence-corrected chi connectivity index (χ3v) is 1.29. The molecule has 2 N–H and O–H groups in total. The summed E-state index contributed by atoms with van der Waals surface area (Å²) in [6.45, 7) is 3.98. The zero-order chi connectivity index (χ0) is 8.97. The van der Waals surface area contributed by atoms with E-state index < -0.39 is 0 Å². The van der Waals surface area contributed by atoms with Gasteiger partial charge in [0.15, 0.2) is 0 Å². The largest absolute Gasteiger partial charge is 0.508 e. The van der Waals surface area contributed by atoms with E-state index in [9.17, 15) is 0 Å². The Kier molecular flexibility index (Phi) is 2.58. The van der Waals surface area contributed by atoms with Crippen molar-refractivity contribution < 1.29 is 10.2 Å². The first-order valence-electron chi connectivity index (χ1n) is 3.54. The molecule has 1 aromatic rings. The zero-order valence-electron chi connectivity index (χ0n) is 6.57. The normalized spacial score (nSPS) is 9.33. The number of hydrogen-bond acceptors (Lipinski definition) is 2. The summed E-state index contributed by atoms with van der Waals surface area (Å²) in [4.78, 5) is 0. The minimum atomic E-state index is 0.0119. The maximum atomic E-state index is 9.05. The van der Waals surface area contributed by atoms with Crippen molar-refractivity contribution in [2.75, 3.05) is 6.54 Å². The molecular weight excluding hydrogens is 154 g/mol. The summed E-state index contributed by atoms with van der Waals surface area (Å²) < 4.78 is 0. The highest BCUT2D eigenvalue weighted by molar-refractivity contribution is 5.48. The van der Waals surface area contributed by atoms with Gasteiger partial charge in [0, 0.05) is 18.2 Å². The molecule has 63 valence electrons. The first-order chi connectivity index (χ1) is 5.72. The predicted molar refractivity (Wildman–Crippen MR) is 46.6 cm³/mol. The van der Waals surface area contributed by atoms with E-state index >= 15 is 0 Å². The molecule has 3 heteroatoms. The molecule has 1 radical (unpaired) electrons. The van der Waals surface area contributed by atoms with E-state index in [0.29, 0.717) is 12.2 Å². The van der Waals surface area contributed by atoms with Gasteiger partial charge >= 0.3 is 0 Å². The fraction of sp³-hybridized carbons (Fsp3) is 0.111. The number of nitrogens with zero attached hydrogens (tertiary/aromatic N) is 1. The number of phenolic OH excluding ortho intramolecular Hbond substituents is 2. The van der Waals surface area contributed by atoms with Crippen molar-refractivity contribution in [2.45, 2.75) is 0 Å². The summed E-state index contributed by atoms with van der Waals surface area (Å²) in [6.07, 6.45) is 1.64. The zero-order valence-corrected chi connectivity index (χ0v) is 6.57. The second-order valence-corrected chi connectivity index (χ2v) is 2.34. The Labute approximate surface area is 71.0 Å². The molecule has 0 saturated carbocycles. The fourth-order valence-electron chi connectivity index (χ4n) is 0.841. The third-order valence-electron chi connectivity index (χ3n) is 1.29. The van der Waals surface area contributed by atoms with E-state index in [1.54, 1.807) is 6.08 Å². The van der Waals surface area contributed by atoms with Crippen LogP contribution >= 0.6 is 0 Å². The van der Waals surface area contributed by atoms with Gasteiger partial charge in [0.2, 0.25) is 0 Å². The highest BCUT2D eigenvalue weighted by Crippen LogP contribution is 2.23. The lowest BCUT2D eigenvalue weighted by Crippen LogP contribution is -1.95. The lowest BCUT2D eigenvalue weighted by molar-refractivity contribution is 0.450. The van der Waals surface area contributed by atoms with Crippen LogP contribution in [0, 0.1) is 0 Å². The van der Waals surface area contributed by atoms with Crippen molar-refractivity contribution in [1.82, 2.24) is 5.32 Å². The lowest BCUT2D eigenvalue weighted by Gasteiger charge is -2.01. The van der Waals surface area contributed by atoms with Crippen molar-refractivity contribution in [2.24, 2.45) is 0 Å². The number of aromatic hydroxyl groups is 2. The predicted octanol–water partition coefficient (Wildman–Crippen LogP) is 1.52. The number of benzene rings is 1. The van der Waals surface area contributed by atoms with Crippen LogP contribution in [0.5, 0.6) is 11.5 Å². The molecule has 0 unspecified atom stereocenters. The molecule has 0 fully saturated rings. The fourth-order valence-corrected chi connectivity index (χ4v) is 0.841. The maximum Gasteiger partial charge on any atom is 0.121 e. The molecule has 0 aliphatic rings. The topological polar surface area (TPSA) is 54.6 Å². The average Bonchev–Trinajstić information content (AvgIpc) is 1.99. The number of rotatable bonds is 3. The Morgan fingerprint density at radius 3 is 2.33 bits per heavy atom. The van der Waals surface area contributed by atoms with Gasteiger partial charge < -0.3 is 10.2 Å². The SMILES string of the molecule is C=CC[N]c1cc(O)cc(O)c1. The van der Waals surface area contributed by atoms with Gasteiger partial charge in [0.25, 0.3) is 0 Å². The van der Waals surface area contributed by atoms with Crippen LogP contribution in [0.3, 0.4) is 0 Å². The van der Waals surface area contributed by atoms with Gasteiger partial charge in [-0.2, -0.15) is 0 Å². The highest BCUT2D eigenvalue weighted by atomic mass is 16.3. The van der Waals surface area contributed by atoms with Crippen LogP contribution in [0.25, 0.3) is 0 Å². The van der Waals surface area contributed by atoms with Gasteiger partial charge in [0.1, 0.15) is 11.5 Å². The van der Waals surface area contributed by atoms with Gasteiger partial charge in [-0.1, -0.05) is 6.08 Å². The van der Waals surface area contributed by atoms with Gasteiger partial charge in [-0.25, -0.2) is 0 Å². The number of phenols is 2. The Bertz CT molecular complexity index is 264. The molecule has 0 aliphatic heterocycles. The van der Waals surface area contributed by atoms with E-state index in [-0.39, 0.29) is 11.5 Å². The molecule has 1 rings (SSSR count). The summed E-state index contributed by atoms with van der Waals surface area (Å²) in [5.74, 6) is 0.0237. The monoisotopic (exact) mass is 164 g/mol. The molecule has 0 atom stereocenters. The Hall–Kier alpha value is -1.64. The molecule has 0 saturated heterocycles. The summed E-state index contributed by atoms with van der Waals surface area (Å²) in [5.41, 5.74) is 0.549. The van der Waals surface area contributed by atoms with Gasteiger partial charge in [0.05, 0.1) is 12.2 Å². The molecule has 3 nitrogen and oxygen atoms in total. The minimum Gasteiger partial charge on any atom is -0.508 e. The van der Waals surface area contributed by atoms with Crippen LogP contribution in [0.2, 0.25) is 0 Å². The molecule has 0 aromatic heterocycles. The smallest absolute Gasteiger partial charge is 0.121 e. The first kappa shape index (κ1) is 8.46. The number of hydrogen-bond donors (Lipinski definition) is 2. The van der Waals surface area contributed by atoms with E-state index in [1.807, 2.05) is 0 Å². The van der Waals surface area contributed by atoms with Crippen molar-refractivity contribution >= 4 is 5.69 Å². The van der Waals surface area contributed by atoms with Crippen molar-refractivity contribution in [1.29, 1.82) is 0 Å². The van der Waals surface area contributed by atoms with E-state index in [2.05, 4.69) is 11.9 Å². The molecule has 0 bridgehead atoms. The van der Waals surface area contributed by atoms with Gasteiger partial charge in [-0.15, -0.1) is 6.58 Å². The molecule has 0 spiro atoms. The second kappa shape index (κ2) is 3.67. The average molecular weight is 164 g/mol. The minimum absolute atomic E-state index is 0.0119. The summed E-state index contributed by atoms with van der Waals surface area (Å²) in [7, 11) is 0. The quantitative estimate of drug-likeness (QED) is 0.665. The maximum absolute atomic E-state index is 9.05. The molecule has 0 amide bonds. The van der Waals surface area contributed by atoms with E-state index in [1.165, 1.54) is 18.2 Å². The van der Waals surface area contributed by atoms with Crippen LogP contribution < -0.4 is 5.32 Å². The van der Waals surface area contributed by atoms with Crippen molar-refractivity contribution in [3.8, 4) is 11.5 Å². The van der Waals surface area contributed by atoms with Gasteiger partial charge in [-0.05, 0) is 0 Å². The van der Waals surface area contributed by atoms with E-state index in [4.69, 9.17) is 10.2 Å². The van der Waals surface area contributed by atoms with Gasteiger partial charge in [-0.3, -0.25) is 5.32 Å². The van der Waals surface area contributed by atoms with Crippen LogP contribution in [-0.4, -0.2) is 16.8 Å². The summed E-state index contributed by atoms with van der Waals surface area (Å²) in [6, 6.07) is 4.21. The van der Waals surface area contributed by atoms with Crippen LogP contribution in [-0.2, 0) is 0 Å².